The van der Waals surface area contributed by atoms with E-state index >= 15 is 0 Å². The molecule has 1 fully saturated rings. The van der Waals surface area contributed by atoms with E-state index in [1.165, 1.54) is 0 Å². The van der Waals surface area contributed by atoms with Gasteiger partial charge < -0.3 is 14.4 Å². The standard InChI is InChI=1S/C15H28N4O3/c1-4-18-14(16-19(15(18)20)10-12-22-3)13-5-7-17(8-6-13)9-11-21-2/h13H,4-12H2,1-3H3. The van der Waals surface area contributed by atoms with E-state index in [1.54, 1.807) is 18.9 Å². The number of hydrogen-bond donors (Lipinski definition) is 0. The van der Waals surface area contributed by atoms with Gasteiger partial charge in [-0.15, -0.1) is 0 Å². The zero-order valence-electron chi connectivity index (χ0n) is 14.0. The monoisotopic (exact) mass is 312 g/mol. The molecule has 126 valence electrons. The van der Waals surface area contributed by atoms with Crippen LogP contribution in [0.25, 0.3) is 0 Å². The molecule has 1 aliphatic heterocycles. The number of aromatic nitrogens is 3. The first-order chi connectivity index (χ1) is 10.7. The first-order valence-electron chi connectivity index (χ1n) is 8.09. The molecule has 0 unspecified atom stereocenters. The van der Waals surface area contributed by atoms with Crippen molar-refractivity contribution in [2.24, 2.45) is 0 Å². The van der Waals surface area contributed by atoms with Crippen LogP contribution in [0.5, 0.6) is 0 Å². The highest BCUT2D eigenvalue weighted by molar-refractivity contribution is 5.00. The normalized spacial score (nSPS) is 17.2. The molecule has 7 heteroatoms. The summed E-state index contributed by atoms with van der Waals surface area (Å²) in [4.78, 5) is 14.8. The maximum Gasteiger partial charge on any atom is 0.345 e. The van der Waals surface area contributed by atoms with E-state index in [-0.39, 0.29) is 5.69 Å². The third kappa shape index (κ3) is 3.97. The summed E-state index contributed by atoms with van der Waals surface area (Å²) in [6.45, 7) is 7.53. The van der Waals surface area contributed by atoms with Crippen LogP contribution in [0, 0.1) is 0 Å². The van der Waals surface area contributed by atoms with Crippen molar-refractivity contribution in [3.05, 3.63) is 16.3 Å². The van der Waals surface area contributed by atoms with Gasteiger partial charge in [0.1, 0.15) is 5.82 Å². The Kier molecular flexibility index (Phi) is 6.60. The summed E-state index contributed by atoms with van der Waals surface area (Å²) in [5.74, 6) is 1.31. The van der Waals surface area contributed by atoms with E-state index in [1.807, 2.05) is 11.5 Å². The molecule has 0 bridgehead atoms. The fourth-order valence-corrected chi connectivity index (χ4v) is 3.02. The average Bonchev–Trinajstić information content (AvgIpc) is 2.87. The molecule has 0 radical (unpaired) electrons. The van der Waals surface area contributed by atoms with Crippen molar-refractivity contribution < 1.29 is 9.47 Å². The number of piperidine rings is 1. The summed E-state index contributed by atoms with van der Waals surface area (Å²) < 4.78 is 13.5. The molecule has 1 aliphatic rings. The largest absolute Gasteiger partial charge is 0.383 e. The fraction of sp³-hybridized carbons (Fsp3) is 0.867. The van der Waals surface area contributed by atoms with Gasteiger partial charge in [-0.05, 0) is 32.9 Å². The molecule has 0 atom stereocenters. The van der Waals surface area contributed by atoms with Crippen LogP contribution in [0.15, 0.2) is 4.79 Å². The highest BCUT2D eigenvalue weighted by atomic mass is 16.5. The van der Waals surface area contributed by atoms with Gasteiger partial charge in [0.15, 0.2) is 0 Å². The molecule has 0 aliphatic carbocycles. The van der Waals surface area contributed by atoms with Crippen LogP contribution >= 0.6 is 0 Å². The summed E-state index contributed by atoms with van der Waals surface area (Å²) in [7, 11) is 3.37. The summed E-state index contributed by atoms with van der Waals surface area (Å²) in [6.07, 6.45) is 2.09. The van der Waals surface area contributed by atoms with Crippen molar-refractivity contribution in [2.75, 3.05) is 47.1 Å². The Balaban J connectivity index is 2.04. The van der Waals surface area contributed by atoms with Crippen molar-refractivity contribution in [1.82, 2.24) is 19.2 Å². The molecule has 0 amide bonds. The van der Waals surface area contributed by atoms with Gasteiger partial charge in [-0.2, -0.15) is 5.10 Å². The van der Waals surface area contributed by atoms with Crippen molar-refractivity contribution in [2.45, 2.75) is 38.8 Å². The predicted octanol–water partition coefficient (Wildman–Crippen LogP) is 0.537. The minimum atomic E-state index is -0.0173. The summed E-state index contributed by atoms with van der Waals surface area (Å²) in [6, 6.07) is 0. The lowest BCUT2D eigenvalue weighted by Gasteiger charge is -2.31. The molecule has 1 aromatic rings. The van der Waals surface area contributed by atoms with Gasteiger partial charge in [-0.3, -0.25) is 4.57 Å². The fourth-order valence-electron chi connectivity index (χ4n) is 3.02. The Morgan fingerprint density at radius 2 is 1.77 bits per heavy atom. The molecule has 0 spiro atoms. The van der Waals surface area contributed by atoms with Gasteiger partial charge in [0.25, 0.3) is 0 Å². The number of hydrogen-bond acceptors (Lipinski definition) is 5. The number of ether oxygens (including phenoxy) is 2. The molecule has 22 heavy (non-hydrogen) atoms. The molecule has 7 nitrogen and oxygen atoms in total. The molecule has 1 aromatic heterocycles. The van der Waals surface area contributed by atoms with E-state index in [0.717, 1.165) is 44.9 Å². The molecule has 0 saturated carbocycles. The number of likely N-dealkylation sites (tertiary alicyclic amines) is 1. The quantitative estimate of drug-likeness (QED) is 0.701. The van der Waals surface area contributed by atoms with E-state index in [9.17, 15) is 4.79 Å². The second-order valence-electron chi connectivity index (χ2n) is 5.71. The van der Waals surface area contributed by atoms with Crippen LogP contribution in [-0.2, 0) is 22.6 Å². The maximum absolute atomic E-state index is 12.4. The Morgan fingerprint density at radius 1 is 1.14 bits per heavy atom. The molecule has 0 N–H and O–H groups in total. The van der Waals surface area contributed by atoms with Crippen molar-refractivity contribution in [1.29, 1.82) is 0 Å². The first kappa shape index (κ1) is 17.2. The highest BCUT2D eigenvalue weighted by Crippen LogP contribution is 2.25. The molecule has 2 heterocycles. The van der Waals surface area contributed by atoms with Crippen molar-refractivity contribution in [3.8, 4) is 0 Å². The van der Waals surface area contributed by atoms with Gasteiger partial charge in [0, 0.05) is 33.2 Å². The molecular weight excluding hydrogens is 284 g/mol. The number of nitrogens with zero attached hydrogens (tertiary/aromatic N) is 4. The summed E-state index contributed by atoms with van der Waals surface area (Å²) >= 11 is 0. The average molecular weight is 312 g/mol. The van der Waals surface area contributed by atoms with Gasteiger partial charge in [0.05, 0.1) is 19.8 Å². The number of rotatable bonds is 8. The second-order valence-corrected chi connectivity index (χ2v) is 5.71. The van der Waals surface area contributed by atoms with Crippen LogP contribution in [0.3, 0.4) is 0 Å². The topological polar surface area (TPSA) is 61.5 Å². The Labute approximate surface area is 131 Å². The third-order valence-corrected chi connectivity index (χ3v) is 4.34. The zero-order valence-corrected chi connectivity index (χ0v) is 14.0. The van der Waals surface area contributed by atoms with Gasteiger partial charge in [0.2, 0.25) is 0 Å². The first-order valence-corrected chi connectivity index (χ1v) is 8.09. The van der Waals surface area contributed by atoms with Crippen LogP contribution in [0.2, 0.25) is 0 Å². The molecule has 0 aromatic carbocycles. The van der Waals surface area contributed by atoms with Crippen LogP contribution in [0.1, 0.15) is 31.5 Å². The Morgan fingerprint density at radius 3 is 2.36 bits per heavy atom. The third-order valence-electron chi connectivity index (χ3n) is 4.34. The predicted molar refractivity (Wildman–Crippen MR) is 84.3 cm³/mol. The lowest BCUT2D eigenvalue weighted by atomic mass is 9.96. The Bertz CT molecular complexity index is 503. The zero-order chi connectivity index (χ0) is 15.9. The van der Waals surface area contributed by atoms with E-state index in [2.05, 4.69) is 10.00 Å². The molecule has 1 saturated heterocycles. The van der Waals surface area contributed by atoms with Crippen LogP contribution in [0.4, 0.5) is 0 Å². The lowest BCUT2D eigenvalue weighted by Crippen LogP contribution is -2.36. The smallest absolute Gasteiger partial charge is 0.345 e. The van der Waals surface area contributed by atoms with Crippen molar-refractivity contribution in [3.63, 3.8) is 0 Å². The summed E-state index contributed by atoms with van der Waals surface area (Å²) in [5.41, 5.74) is -0.0173. The highest BCUT2D eigenvalue weighted by Gasteiger charge is 2.26. The van der Waals surface area contributed by atoms with Crippen LogP contribution < -0.4 is 5.69 Å². The second kappa shape index (κ2) is 8.45. The van der Waals surface area contributed by atoms with E-state index in [0.29, 0.717) is 25.6 Å². The molecular formula is C15H28N4O3. The lowest BCUT2D eigenvalue weighted by molar-refractivity contribution is 0.129. The van der Waals surface area contributed by atoms with Gasteiger partial charge in [-0.1, -0.05) is 0 Å². The summed E-state index contributed by atoms with van der Waals surface area (Å²) in [5, 5.41) is 4.57. The van der Waals surface area contributed by atoms with Gasteiger partial charge in [-0.25, -0.2) is 9.48 Å². The minimum absolute atomic E-state index is 0.0173. The minimum Gasteiger partial charge on any atom is -0.383 e. The molecule has 2 rings (SSSR count). The van der Waals surface area contributed by atoms with E-state index in [4.69, 9.17) is 9.47 Å². The number of methoxy groups -OCH3 is 2. The van der Waals surface area contributed by atoms with Crippen molar-refractivity contribution >= 4 is 0 Å². The van der Waals surface area contributed by atoms with E-state index < -0.39 is 0 Å². The van der Waals surface area contributed by atoms with Gasteiger partial charge >= 0.3 is 5.69 Å². The van der Waals surface area contributed by atoms with Crippen LogP contribution in [-0.4, -0.2) is 66.3 Å². The SMILES string of the molecule is CCn1c(C2CCN(CCOC)CC2)nn(CCOC)c1=O. The Hall–Kier alpha value is -1.18. The maximum atomic E-state index is 12.4.